The molecule has 0 spiro atoms. The summed E-state index contributed by atoms with van der Waals surface area (Å²) in [5.74, 6) is 0. The Bertz CT molecular complexity index is 1170. The van der Waals surface area contributed by atoms with Crippen LogP contribution in [0.25, 0.3) is 11.3 Å². The van der Waals surface area contributed by atoms with Crippen molar-refractivity contribution >= 4 is 5.65 Å². The van der Waals surface area contributed by atoms with E-state index in [0.717, 1.165) is 5.56 Å². The van der Waals surface area contributed by atoms with Gasteiger partial charge >= 0.3 is 5.69 Å². The lowest BCUT2D eigenvalue weighted by atomic mass is 10.3. The average molecular weight is 334 g/mol. The van der Waals surface area contributed by atoms with Gasteiger partial charge in [-0.3, -0.25) is 9.20 Å². The molecular formula is C17H14N6O2. The van der Waals surface area contributed by atoms with Gasteiger partial charge in [0.1, 0.15) is 5.65 Å². The van der Waals surface area contributed by atoms with Crippen LogP contribution >= 0.6 is 0 Å². The van der Waals surface area contributed by atoms with Crippen LogP contribution < -0.4 is 11.2 Å². The van der Waals surface area contributed by atoms with Gasteiger partial charge in [0.15, 0.2) is 0 Å². The summed E-state index contributed by atoms with van der Waals surface area (Å²) in [6.07, 6.45) is 1.73. The zero-order valence-corrected chi connectivity index (χ0v) is 13.4. The molecule has 124 valence electrons. The Morgan fingerprint density at radius 3 is 2.60 bits per heavy atom. The van der Waals surface area contributed by atoms with Gasteiger partial charge in [0.05, 0.1) is 17.9 Å². The number of rotatable bonds is 3. The summed E-state index contributed by atoms with van der Waals surface area (Å²) in [5.41, 5.74) is 1.98. The van der Waals surface area contributed by atoms with Crippen LogP contribution in [-0.4, -0.2) is 29.2 Å². The van der Waals surface area contributed by atoms with Crippen molar-refractivity contribution in [3.8, 4) is 5.69 Å². The third-order valence-electron chi connectivity index (χ3n) is 3.81. The molecule has 0 aliphatic heterocycles. The van der Waals surface area contributed by atoms with E-state index >= 15 is 0 Å². The number of fused-ring (bicyclic) bond motifs is 1. The van der Waals surface area contributed by atoms with Gasteiger partial charge in [-0.05, 0) is 41.1 Å². The van der Waals surface area contributed by atoms with E-state index in [1.165, 1.54) is 19.8 Å². The van der Waals surface area contributed by atoms with Crippen LogP contribution in [0.5, 0.6) is 0 Å². The molecule has 0 amide bonds. The highest BCUT2D eigenvalue weighted by molar-refractivity contribution is 5.40. The number of nitrogens with zero attached hydrogens (tertiary/aromatic N) is 6. The van der Waals surface area contributed by atoms with E-state index in [9.17, 15) is 9.59 Å². The fraction of sp³-hybridized carbons (Fsp3) is 0.118. The van der Waals surface area contributed by atoms with Crippen LogP contribution in [0.3, 0.4) is 0 Å². The minimum Gasteiger partial charge on any atom is -0.269 e. The minimum atomic E-state index is -0.392. The molecule has 1 aromatic carbocycles. The predicted molar refractivity (Wildman–Crippen MR) is 90.9 cm³/mol. The number of pyridine rings is 1. The van der Waals surface area contributed by atoms with Crippen molar-refractivity contribution in [3.63, 3.8) is 0 Å². The van der Waals surface area contributed by atoms with Gasteiger partial charge in [-0.15, -0.1) is 0 Å². The molecule has 4 rings (SSSR count). The quantitative estimate of drug-likeness (QED) is 0.553. The smallest absolute Gasteiger partial charge is 0.269 e. The number of benzene rings is 1. The second-order valence-corrected chi connectivity index (χ2v) is 5.69. The molecule has 0 bridgehead atoms. The second-order valence-electron chi connectivity index (χ2n) is 5.69. The van der Waals surface area contributed by atoms with Crippen LogP contribution in [0.4, 0.5) is 0 Å². The molecule has 0 radical (unpaired) electrons. The van der Waals surface area contributed by atoms with E-state index in [0.29, 0.717) is 17.0 Å². The third kappa shape index (κ3) is 2.74. The van der Waals surface area contributed by atoms with Gasteiger partial charge in [-0.1, -0.05) is 24.3 Å². The van der Waals surface area contributed by atoms with Crippen LogP contribution in [0.2, 0.25) is 0 Å². The second kappa shape index (κ2) is 5.82. The summed E-state index contributed by atoms with van der Waals surface area (Å²) in [7, 11) is 0. The summed E-state index contributed by atoms with van der Waals surface area (Å²) in [6.45, 7) is 1.98. The van der Waals surface area contributed by atoms with E-state index in [1.807, 2.05) is 31.2 Å². The van der Waals surface area contributed by atoms with Gasteiger partial charge in [0, 0.05) is 12.3 Å². The van der Waals surface area contributed by atoms with Crippen molar-refractivity contribution in [2.75, 3.05) is 0 Å². The lowest BCUT2D eigenvalue weighted by Crippen LogP contribution is -2.26. The SMILES string of the molecule is Cc1ccc2nc(Cn3nnn(-c4ccccc4)c3=O)cc(=O)n2c1. The Morgan fingerprint density at radius 2 is 1.80 bits per heavy atom. The minimum absolute atomic E-state index is 0.0747. The number of aryl methyl sites for hydroxylation is 1. The average Bonchev–Trinajstić information content (AvgIpc) is 2.97. The molecule has 0 saturated heterocycles. The highest BCUT2D eigenvalue weighted by atomic mass is 16.2. The van der Waals surface area contributed by atoms with E-state index in [1.54, 1.807) is 24.4 Å². The first kappa shape index (κ1) is 15.0. The molecule has 4 aromatic rings. The van der Waals surface area contributed by atoms with Gasteiger partial charge in [0.25, 0.3) is 5.56 Å². The Hall–Kier alpha value is -3.55. The maximum atomic E-state index is 12.5. The number of para-hydroxylation sites is 1. The lowest BCUT2D eigenvalue weighted by molar-refractivity contribution is 0.620. The predicted octanol–water partition coefficient (Wildman–Crippen LogP) is 0.794. The van der Waals surface area contributed by atoms with Gasteiger partial charge in [0.2, 0.25) is 0 Å². The van der Waals surface area contributed by atoms with Crippen molar-refractivity contribution in [2.45, 2.75) is 13.5 Å². The fourth-order valence-corrected chi connectivity index (χ4v) is 2.60. The molecule has 0 fully saturated rings. The summed E-state index contributed by atoms with van der Waals surface area (Å²) < 4.78 is 3.86. The summed E-state index contributed by atoms with van der Waals surface area (Å²) in [6, 6.07) is 14.1. The zero-order chi connectivity index (χ0) is 17.4. The van der Waals surface area contributed by atoms with Crippen molar-refractivity contribution in [1.82, 2.24) is 29.2 Å². The van der Waals surface area contributed by atoms with Crippen molar-refractivity contribution in [1.29, 1.82) is 0 Å². The Morgan fingerprint density at radius 1 is 1.00 bits per heavy atom. The van der Waals surface area contributed by atoms with E-state index < -0.39 is 5.69 Å². The first-order valence-electron chi connectivity index (χ1n) is 7.69. The molecular weight excluding hydrogens is 320 g/mol. The van der Waals surface area contributed by atoms with Crippen LogP contribution in [-0.2, 0) is 6.54 Å². The Kier molecular flexibility index (Phi) is 3.50. The Labute approximate surface area is 141 Å². The topological polar surface area (TPSA) is 87.1 Å². The molecule has 3 aromatic heterocycles. The first-order chi connectivity index (χ1) is 12.1. The Balaban J connectivity index is 1.73. The summed E-state index contributed by atoms with van der Waals surface area (Å²) in [4.78, 5) is 29.1. The highest BCUT2D eigenvalue weighted by Crippen LogP contribution is 2.04. The maximum absolute atomic E-state index is 12.5. The fourth-order valence-electron chi connectivity index (χ4n) is 2.60. The molecule has 25 heavy (non-hydrogen) atoms. The summed E-state index contributed by atoms with van der Waals surface area (Å²) >= 11 is 0. The van der Waals surface area contributed by atoms with Gasteiger partial charge < -0.3 is 0 Å². The highest BCUT2D eigenvalue weighted by Gasteiger charge is 2.11. The van der Waals surface area contributed by atoms with Gasteiger partial charge in [-0.2, -0.15) is 9.36 Å². The number of hydrogen-bond donors (Lipinski definition) is 0. The standard InChI is InChI=1S/C17H14N6O2/c1-12-7-8-15-18-13(9-16(24)21(15)10-12)11-22-17(25)23(20-19-22)14-5-3-2-4-6-14/h2-10H,11H2,1H3. The number of aromatic nitrogens is 6. The maximum Gasteiger partial charge on any atom is 0.368 e. The first-order valence-corrected chi connectivity index (χ1v) is 7.69. The van der Waals surface area contributed by atoms with E-state index in [4.69, 9.17) is 0 Å². The molecule has 8 heteroatoms. The van der Waals surface area contributed by atoms with Crippen LogP contribution in [0.15, 0.2) is 64.3 Å². The molecule has 0 atom stereocenters. The lowest BCUT2D eigenvalue weighted by Gasteiger charge is -2.04. The van der Waals surface area contributed by atoms with Crippen molar-refractivity contribution in [2.24, 2.45) is 0 Å². The molecule has 0 aliphatic rings. The molecule has 0 N–H and O–H groups in total. The monoisotopic (exact) mass is 334 g/mol. The summed E-state index contributed by atoms with van der Waals surface area (Å²) in [5, 5.41) is 7.76. The largest absolute Gasteiger partial charge is 0.368 e. The normalized spacial score (nSPS) is 11.1. The van der Waals surface area contributed by atoms with Crippen LogP contribution in [0, 0.1) is 6.92 Å². The molecule has 8 nitrogen and oxygen atoms in total. The molecule has 0 aliphatic carbocycles. The molecule has 0 unspecified atom stereocenters. The zero-order valence-electron chi connectivity index (χ0n) is 13.4. The third-order valence-corrected chi connectivity index (χ3v) is 3.81. The molecule has 0 saturated carbocycles. The van der Waals surface area contributed by atoms with E-state index in [-0.39, 0.29) is 12.1 Å². The van der Waals surface area contributed by atoms with Crippen LogP contribution in [0.1, 0.15) is 11.3 Å². The number of tetrazole rings is 1. The van der Waals surface area contributed by atoms with Gasteiger partial charge in [-0.25, -0.2) is 9.78 Å². The molecule has 3 heterocycles. The van der Waals surface area contributed by atoms with E-state index in [2.05, 4.69) is 15.4 Å². The van der Waals surface area contributed by atoms with Crippen molar-refractivity contribution in [3.05, 3.63) is 86.8 Å². The number of hydrogen-bond acceptors (Lipinski definition) is 5. The van der Waals surface area contributed by atoms with Crippen molar-refractivity contribution < 1.29 is 0 Å².